The van der Waals surface area contributed by atoms with Crippen molar-refractivity contribution in [1.29, 1.82) is 0 Å². The Balaban J connectivity index is 1.09. The van der Waals surface area contributed by atoms with Crippen LogP contribution in [0.5, 0.6) is 5.75 Å². The summed E-state index contributed by atoms with van der Waals surface area (Å²) < 4.78 is 46.2. The number of rotatable bonds is 7. The summed E-state index contributed by atoms with van der Waals surface area (Å²) in [6, 6.07) is 5.52. The van der Waals surface area contributed by atoms with E-state index < -0.39 is 22.4 Å². The van der Waals surface area contributed by atoms with Gasteiger partial charge in [0.25, 0.3) is 5.69 Å². The van der Waals surface area contributed by atoms with Gasteiger partial charge in [-0.3, -0.25) is 15.1 Å². The highest BCUT2D eigenvalue weighted by Gasteiger charge is 2.38. The number of hydrogen-bond acceptors (Lipinski definition) is 7. The minimum Gasteiger partial charge on any atom is -0.489 e. The molecule has 1 saturated heterocycles. The first-order valence-electron chi connectivity index (χ1n) is 14.2. The van der Waals surface area contributed by atoms with E-state index in [0.29, 0.717) is 24.6 Å². The molecule has 2 aliphatic carbocycles. The summed E-state index contributed by atoms with van der Waals surface area (Å²) in [5.41, 5.74) is -0.968. The molecule has 0 spiro atoms. The number of nitro benzene ring substituents is 1. The van der Waals surface area contributed by atoms with Crippen LogP contribution in [-0.2, 0) is 6.18 Å². The topological polar surface area (TPSA) is 95.8 Å². The number of nitrogens with zero attached hydrogens (tertiary/aromatic N) is 4. The third-order valence-corrected chi connectivity index (χ3v) is 8.54. The number of anilines is 2. The molecule has 2 heterocycles. The van der Waals surface area contributed by atoms with E-state index in [2.05, 4.69) is 25.4 Å². The van der Waals surface area contributed by atoms with Crippen LogP contribution >= 0.6 is 12.2 Å². The maximum atomic E-state index is 13.3. The van der Waals surface area contributed by atoms with Crippen molar-refractivity contribution in [2.24, 2.45) is 0 Å². The lowest BCUT2D eigenvalue weighted by molar-refractivity contribution is -0.388. The van der Waals surface area contributed by atoms with E-state index in [4.69, 9.17) is 17.0 Å². The number of piperazine rings is 1. The van der Waals surface area contributed by atoms with Crippen molar-refractivity contribution in [1.82, 2.24) is 15.2 Å². The van der Waals surface area contributed by atoms with Gasteiger partial charge in [-0.25, -0.2) is 0 Å². The van der Waals surface area contributed by atoms with E-state index in [9.17, 15) is 23.3 Å². The molecule has 0 atom stereocenters. The minimum absolute atomic E-state index is 0.0245. The van der Waals surface area contributed by atoms with Crippen molar-refractivity contribution in [2.45, 2.75) is 75.7 Å². The number of nitro groups is 1. The van der Waals surface area contributed by atoms with Crippen LogP contribution in [0.1, 0.15) is 56.9 Å². The van der Waals surface area contributed by atoms with E-state index in [1.165, 1.54) is 31.7 Å². The SMILES string of the molecule is O=[N+]([O-])c1ccc(N[C@H]2CC[C@H](Oc3cncc(N4CCN(C(=S)NC5CCCC5)CC4)c3)CC2)cc1C(F)(F)F. The van der Waals surface area contributed by atoms with Gasteiger partial charge in [0.05, 0.1) is 29.1 Å². The van der Waals surface area contributed by atoms with Gasteiger partial charge in [-0.05, 0) is 62.9 Å². The third-order valence-electron chi connectivity index (χ3n) is 8.16. The van der Waals surface area contributed by atoms with Crippen LogP contribution in [0.3, 0.4) is 0 Å². The number of nitrogens with one attached hydrogen (secondary N) is 2. The second kappa shape index (κ2) is 12.7. The number of alkyl halides is 3. The molecule has 222 valence electrons. The van der Waals surface area contributed by atoms with Gasteiger partial charge >= 0.3 is 6.18 Å². The van der Waals surface area contributed by atoms with Gasteiger partial charge in [0, 0.05) is 56.1 Å². The Morgan fingerprint density at radius 2 is 1.71 bits per heavy atom. The summed E-state index contributed by atoms with van der Waals surface area (Å²) in [7, 11) is 0. The standard InChI is InChI=1S/C28H35F3N6O3S/c29-28(30,31)25-15-21(7-10-26(25)37(38)39)33-20-5-8-23(9-6-20)40-24-16-22(17-32-18-24)35-11-13-36(14-12-35)27(41)34-19-3-1-2-4-19/h7,10,15-20,23,33H,1-6,8-9,11-14H2,(H,34,41)/t20-,23-. The quantitative estimate of drug-likeness (QED) is 0.237. The first kappa shape index (κ1) is 29.2. The average Bonchev–Trinajstić information content (AvgIpc) is 3.47. The zero-order chi connectivity index (χ0) is 29.0. The van der Waals surface area contributed by atoms with E-state index in [-0.39, 0.29) is 17.8 Å². The molecule has 0 unspecified atom stereocenters. The largest absolute Gasteiger partial charge is 0.489 e. The molecule has 13 heteroatoms. The van der Waals surface area contributed by atoms with Crippen molar-refractivity contribution < 1.29 is 22.8 Å². The molecule has 2 aromatic rings. The monoisotopic (exact) mass is 592 g/mol. The first-order chi connectivity index (χ1) is 19.7. The number of thiocarbonyl (C=S) groups is 1. The van der Waals surface area contributed by atoms with Crippen LogP contribution in [-0.4, -0.2) is 64.3 Å². The summed E-state index contributed by atoms with van der Waals surface area (Å²) >= 11 is 5.65. The molecular formula is C28H35F3N6O3S. The molecule has 0 bridgehead atoms. The zero-order valence-electron chi connectivity index (χ0n) is 22.7. The Hall–Kier alpha value is -3.35. The fourth-order valence-corrected chi connectivity index (χ4v) is 6.26. The van der Waals surface area contributed by atoms with Crippen LogP contribution in [0, 0.1) is 10.1 Å². The van der Waals surface area contributed by atoms with Crippen LogP contribution in [0.15, 0.2) is 36.7 Å². The van der Waals surface area contributed by atoms with Crippen LogP contribution in [0.4, 0.5) is 30.2 Å². The summed E-state index contributed by atoms with van der Waals surface area (Å²) in [6.45, 7) is 3.37. The summed E-state index contributed by atoms with van der Waals surface area (Å²) in [4.78, 5) is 18.9. The normalized spacial score (nSPS) is 21.9. The molecule has 1 aromatic carbocycles. The van der Waals surface area contributed by atoms with E-state index >= 15 is 0 Å². The fraction of sp³-hybridized carbons (Fsp3) is 0.571. The predicted molar refractivity (Wildman–Crippen MR) is 154 cm³/mol. The van der Waals surface area contributed by atoms with Crippen molar-refractivity contribution in [2.75, 3.05) is 36.4 Å². The summed E-state index contributed by atoms with van der Waals surface area (Å²) in [5.74, 6) is 0.699. The smallest absolute Gasteiger partial charge is 0.423 e. The van der Waals surface area contributed by atoms with Gasteiger partial charge in [-0.1, -0.05) is 12.8 Å². The lowest BCUT2D eigenvalue weighted by Gasteiger charge is -2.38. The summed E-state index contributed by atoms with van der Waals surface area (Å²) in [5, 5.41) is 18.5. The average molecular weight is 593 g/mol. The van der Waals surface area contributed by atoms with Gasteiger partial charge in [0.15, 0.2) is 5.11 Å². The van der Waals surface area contributed by atoms with Crippen molar-refractivity contribution in [3.63, 3.8) is 0 Å². The molecular weight excluding hydrogens is 557 g/mol. The lowest BCUT2D eigenvalue weighted by Crippen LogP contribution is -2.53. The summed E-state index contributed by atoms with van der Waals surface area (Å²) in [6.07, 6.45) is 6.51. The van der Waals surface area contributed by atoms with E-state index in [1.807, 2.05) is 12.3 Å². The Bertz CT molecular complexity index is 1230. The highest BCUT2D eigenvalue weighted by Crippen LogP contribution is 2.38. The molecule has 2 N–H and O–H groups in total. The van der Waals surface area contributed by atoms with Gasteiger partial charge in [0.2, 0.25) is 0 Å². The molecule has 0 amide bonds. The Morgan fingerprint density at radius 3 is 2.37 bits per heavy atom. The van der Waals surface area contributed by atoms with Crippen LogP contribution in [0.2, 0.25) is 0 Å². The highest BCUT2D eigenvalue weighted by atomic mass is 32.1. The van der Waals surface area contributed by atoms with Gasteiger partial charge < -0.3 is 25.2 Å². The maximum Gasteiger partial charge on any atom is 0.423 e. The number of benzene rings is 1. The first-order valence-corrected chi connectivity index (χ1v) is 14.6. The fourth-order valence-electron chi connectivity index (χ4n) is 5.91. The Kier molecular flexibility index (Phi) is 9.00. The van der Waals surface area contributed by atoms with Crippen molar-refractivity contribution in [3.8, 4) is 5.75 Å². The minimum atomic E-state index is -4.80. The van der Waals surface area contributed by atoms with Crippen LogP contribution < -0.4 is 20.3 Å². The molecule has 0 radical (unpaired) electrons. The van der Waals surface area contributed by atoms with Gasteiger partial charge in [-0.2, -0.15) is 13.2 Å². The van der Waals surface area contributed by atoms with Crippen molar-refractivity contribution >= 4 is 34.4 Å². The Labute approximate surface area is 242 Å². The maximum absolute atomic E-state index is 13.3. The van der Waals surface area contributed by atoms with E-state index in [1.54, 1.807) is 6.20 Å². The second-order valence-electron chi connectivity index (χ2n) is 11.0. The number of halogens is 3. The molecule has 1 aliphatic heterocycles. The second-order valence-corrected chi connectivity index (χ2v) is 11.4. The van der Waals surface area contributed by atoms with Gasteiger partial charge in [0.1, 0.15) is 11.3 Å². The third kappa shape index (κ3) is 7.49. The van der Waals surface area contributed by atoms with E-state index in [0.717, 1.165) is 62.0 Å². The number of ether oxygens (including phenoxy) is 1. The zero-order valence-corrected chi connectivity index (χ0v) is 23.6. The molecule has 3 aliphatic rings. The molecule has 2 saturated carbocycles. The molecule has 3 fully saturated rings. The molecule has 9 nitrogen and oxygen atoms in total. The molecule has 1 aromatic heterocycles. The molecule has 5 rings (SSSR count). The predicted octanol–water partition coefficient (Wildman–Crippen LogP) is 5.75. The Morgan fingerprint density at radius 1 is 1.00 bits per heavy atom. The number of pyridine rings is 1. The lowest BCUT2D eigenvalue weighted by atomic mass is 9.92. The van der Waals surface area contributed by atoms with Crippen molar-refractivity contribution in [3.05, 3.63) is 52.3 Å². The highest BCUT2D eigenvalue weighted by molar-refractivity contribution is 7.80. The molecule has 41 heavy (non-hydrogen) atoms. The van der Waals surface area contributed by atoms with Gasteiger partial charge in [-0.15, -0.1) is 0 Å². The number of aromatic nitrogens is 1. The van der Waals surface area contributed by atoms with Crippen LogP contribution in [0.25, 0.3) is 0 Å². The number of hydrogen-bond donors (Lipinski definition) is 2.